The molecule has 1 saturated heterocycles. The number of hydrogen-bond acceptors (Lipinski definition) is 4. The molecular formula is C10H19N3O3S. The summed E-state index contributed by atoms with van der Waals surface area (Å²) in [5.74, 6) is -0.576. The third kappa shape index (κ3) is 2.97. The first-order chi connectivity index (χ1) is 8.01. The summed E-state index contributed by atoms with van der Waals surface area (Å²) >= 11 is 0. The van der Waals surface area contributed by atoms with E-state index in [-0.39, 0.29) is 17.8 Å². The Hall–Kier alpha value is -0.660. The fourth-order valence-electron chi connectivity index (χ4n) is 2.23. The number of carbonyl (C=O) groups excluding carboxylic acids is 1. The topological polar surface area (TPSA) is 92.5 Å². The third-order valence-corrected chi connectivity index (χ3v) is 5.69. The van der Waals surface area contributed by atoms with E-state index < -0.39 is 15.9 Å². The Morgan fingerprint density at radius 2 is 1.82 bits per heavy atom. The molecule has 0 aromatic rings. The molecule has 1 heterocycles. The molecule has 0 unspecified atom stereocenters. The summed E-state index contributed by atoms with van der Waals surface area (Å²) in [6, 6.07) is -0.0747. The van der Waals surface area contributed by atoms with Crippen LogP contribution in [0.1, 0.15) is 25.7 Å². The highest BCUT2D eigenvalue weighted by molar-refractivity contribution is 7.90. The van der Waals surface area contributed by atoms with Crippen molar-refractivity contribution in [2.45, 2.75) is 37.0 Å². The van der Waals surface area contributed by atoms with Crippen LogP contribution in [0.2, 0.25) is 0 Å². The van der Waals surface area contributed by atoms with Gasteiger partial charge in [-0.3, -0.25) is 4.79 Å². The van der Waals surface area contributed by atoms with E-state index in [9.17, 15) is 13.2 Å². The number of amides is 1. The van der Waals surface area contributed by atoms with E-state index in [2.05, 4.69) is 5.32 Å². The fraction of sp³-hybridized carbons (Fsp3) is 0.900. The highest BCUT2D eigenvalue weighted by Gasteiger charge is 2.43. The highest BCUT2D eigenvalue weighted by atomic mass is 32.2. The first kappa shape index (κ1) is 12.8. The predicted molar refractivity (Wildman–Crippen MR) is 63.7 cm³/mol. The zero-order valence-corrected chi connectivity index (χ0v) is 10.6. The van der Waals surface area contributed by atoms with Gasteiger partial charge in [0.2, 0.25) is 15.9 Å². The zero-order valence-electron chi connectivity index (χ0n) is 9.76. The second-order valence-corrected chi connectivity index (χ2v) is 6.90. The number of piperidine rings is 1. The van der Waals surface area contributed by atoms with Crippen molar-refractivity contribution >= 4 is 15.9 Å². The molecule has 17 heavy (non-hydrogen) atoms. The second-order valence-electron chi connectivity index (χ2n) is 4.74. The van der Waals surface area contributed by atoms with Crippen LogP contribution in [-0.2, 0) is 14.8 Å². The largest absolute Gasteiger partial charge is 0.369 e. The van der Waals surface area contributed by atoms with Crippen molar-refractivity contribution in [1.29, 1.82) is 0 Å². The molecule has 1 saturated carbocycles. The molecule has 7 heteroatoms. The van der Waals surface area contributed by atoms with Crippen molar-refractivity contribution in [3.05, 3.63) is 0 Å². The molecule has 98 valence electrons. The van der Waals surface area contributed by atoms with Gasteiger partial charge in [0.15, 0.2) is 0 Å². The fourth-order valence-corrected chi connectivity index (χ4v) is 4.28. The lowest BCUT2D eigenvalue weighted by Gasteiger charge is -2.33. The lowest BCUT2D eigenvalue weighted by molar-refractivity contribution is -0.118. The van der Waals surface area contributed by atoms with Gasteiger partial charge in [-0.2, -0.15) is 4.31 Å². The van der Waals surface area contributed by atoms with E-state index in [4.69, 9.17) is 5.73 Å². The van der Waals surface area contributed by atoms with Crippen LogP contribution in [0.5, 0.6) is 0 Å². The van der Waals surface area contributed by atoms with Crippen LogP contribution < -0.4 is 11.1 Å². The maximum absolute atomic E-state index is 12.2. The zero-order chi connectivity index (χ0) is 12.5. The third-order valence-electron chi connectivity index (χ3n) is 3.30. The SMILES string of the molecule is NC(=O)CN(C1CCNCC1)S(=O)(=O)C1CC1. The van der Waals surface area contributed by atoms with Crippen molar-refractivity contribution in [2.75, 3.05) is 19.6 Å². The number of carbonyl (C=O) groups is 1. The quantitative estimate of drug-likeness (QED) is 0.665. The van der Waals surface area contributed by atoms with Gasteiger partial charge in [-0.05, 0) is 38.8 Å². The van der Waals surface area contributed by atoms with Crippen molar-refractivity contribution in [3.8, 4) is 0 Å². The van der Waals surface area contributed by atoms with Gasteiger partial charge < -0.3 is 11.1 Å². The Labute approximate surface area is 102 Å². The second kappa shape index (κ2) is 4.91. The lowest BCUT2D eigenvalue weighted by atomic mass is 10.1. The van der Waals surface area contributed by atoms with Gasteiger partial charge in [-0.25, -0.2) is 8.42 Å². The summed E-state index contributed by atoms with van der Waals surface area (Å²) in [6.07, 6.45) is 2.92. The summed E-state index contributed by atoms with van der Waals surface area (Å²) in [7, 11) is -3.32. The Balaban J connectivity index is 2.14. The standard InChI is InChI=1S/C10H19N3O3S/c11-10(14)7-13(8-3-5-12-6-4-8)17(15,16)9-1-2-9/h8-9,12H,1-7H2,(H2,11,14). The van der Waals surface area contributed by atoms with Crippen molar-refractivity contribution < 1.29 is 13.2 Å². The van der Waals surface area contributed by atoms with Gasteiger partial charge in [0, 0.05) is 6.04 Å². The van der Waals surface area contributed by atoms with Crippen LogP contribution in [0.25, 0.3) is 0 Å². The summed E-state index contributed by atoms with van der Waals surface area (Å²) in [6.45, 7) is 1.41. The molecule has 0 aromatic carbocycles. The number of sulfonamides is 1. The van der Waals surface area contributed by atoms with Gasteiger partial charge in [0.1, 0.15) is 0 Å². The number of nitrogens with two attached hydrogens (primary N) is 1. The highest BCUT2D eigenvalue weighted by Crippen LogP contribution is 2.33. The lowest BCUT2D eigenvalue weighted by Crippen LogP contribution is -2.50. The van der Waals surface area contributed by atoms with E-state index in [0.29, 0.717) is 12.8 Å². The Morgan fingerprint density at radius 1 is 1.24 bits per heavy atom. The van der Waals surface area contributed by atoms with Gasteiger partial charge >= 0.3 is 0 Å². The predicted octanol–water partition coefficient (Wildman–Crippen LogP) is -0.982. The molecule has 1 aliphatic carbocycles. The van der Waals surface area contributed by atoms with Crippen molar-refractivity contribution in [3.63, 3.8) is 0 Å². The Morgan fingerprint density at radius 3 is 2.29 bits per heavy atom. The van der Waals surface area contributed by atoms with Crippen LogP contribution in [0.3, 0.4) is 0 Å². The molecule has 2 aliphatic rings. The van der Waals surface area contributed by atoms with Crippen LogP contribution in [0, 0.1) is 0 Å². The number of hydrogen-bond donors (Lipinski definition) is 2. The molecule has 0 radical (unpaired) electrons. The minimum Gasteiger partial charge on any atom is -0.369 e. The molecule has 1 aliphatic heterocycles. The summed E-state index contributed by atoms with van der Waals surface area (Å²) in [4.78, 5) is 11.0. The van der Waals surface area contributed by atoms with Crippen LogP contribution in [-0.4, -0.2) is 49.6 Å². The number of nitrogens with one attached hydrogen (secondary N) is 1. The smallest absolute Gasteiger partial charge is 0.232 e. The van der Waals surface area contributed by atoms with E-state index in [1.807, 2.05) is 0 Å². The first-order valence-corrected chi connectivity index (χ1v) is 7.52. The van der Waals surface area contributed by atoms with E-state index in [0.717, 1.165) is 25.9 Å². The molecule has 6 nitrogen and oxygen atoms in total. The molecule has 2 rings (SSSR count). The summed E-state index contributed by atoms with van der Waals surface area (Å²) in [5, 5.41) is 2.90. The normalized spacial score (nSPS) is 22.9. The monoisotopic (exact) mass is 261 g/mol. The number of nitrogens with zero attached hydrogens (tertiary/aromatic N) is 1. The molecule has 3 N–H and O–H groups in total. The van der Waals surface area contributed by atoms with E-state index in [1.165, 1.54) is 4.31 Å². The average Bonchev–Trinajstić information content (AvgIpc) is 3.10. The molecule has 0 bridgehead atoms. The minimum atomic E-state index is -3.32. The van der Waals surface area contributed by atoms with Gasteiger partial charge in [0.05, 0.1) is 11.8 Å². The summed E-state index contributed by atoms with van der Waals surface area (Å²) in [5.41, 5.74) is 5.16. The Kier molecular flexibility index (Phi) is 3.70. The molecule has 2 fully saturated rings. The van der Waals surface area contributed by atoms with Gasteiger partial charge in [-0.1, -0.05) is 0 Å². The average molecular weight is 261 g/mol. The number of rotatable bonds is 5. The molecule has 0 spiro atoms. The van der Waals surface area contributed by atoms with Crippen LogP contribution in [0.4, 0.5) is 0 Å². The number of primary amides is 1. The summed E-state index contributed by atoms with van der Waals surface area (Å²) < 4.78 is 25.8. The van der Waals surface area contributed by atoms with E-state index in [1.54, 1.807) is 0 Å². The van der Waals surface area contributed by atoms with E-state index >= 15 is 0 Å². The van der Waals surface area contributed by atoms with Gasteiger partial charge in [-0.15, -0.1) is 0 Å². The molecular weight excluding hydrogens is 242 g/mol. The molecule has 0 atom stereocenters. The van der Waals surface area contributed by atoms with Crippen molar-refractivity contribution in [1.82, 2.24) is 9.62 Å². The maximum Gasteiger partial charge on any atom is 0.232 e. The van der Waals surface area contributed by atoms with Crippen molar-refractivity contribution in [2.24, 2.45) is 5.73 Å². The van der Waals surface area contributed by atoms with Crippen LogP contribution in [0.15, 0.2) is 0 Å². The van der Waals surface area contributed by atoms with Crippen LogP contribution >= 0.6 is 0 Å². The maximum atomic E-state index is 12.2. The minimum absolute atomic E-state index is 0.0747. The first-order valence-electron chi connectivity index (χ1n) is 6.01. The molecule has 0 aromatic heterocycles. The Bertz CT molecular complexity index is 386. The molecule has 1 amide bonds. The van der Waals surface area contributed by atoms with Gasteiger partial charge in [0.25, 0.3) is 0 Å².